The summed E-state index contributed by atoms with van der Waals surface area (Å²) in [6.07, 6.45) is 0.0769. The van der Waals surface area contributed by atoms with E-state index in [1.54, 1.807) is 18.2 Å². The molecule has 3 amide bonds. The second kappa shape index (κ2) is 7.40. The molecule has 0 saturated heterocycles. The van der Waals surface area contributed by atoms with Crippen LogP contribution < -0.4 is 16.4 Å². The normalized spacial score (nSPS) is 12.7. The lowest BCUT2D eigenvalue weighted by atomic mass is 9.97. The average molecular weight is 386 g/mol. The Kier molecular flexibility index (Phi) is 5.18. The van der Waals surface area contributed by atoms with Crippen molar-refractivity contribution in [3.8, 4) is 0 Å². The molecule has 4 N–H and O–H groups in total. The van der Waals surface area contributed by atoms with E-state index in [0.717, 1.165) is 4.88 Å². The van der Waals surface area contributed by atoms with Crippen LogP contribution in [0.1, 0.15) is 44.0 Å². The highest BCUT2D eigenvalue weighted by Crippen LogP contribution is 2.28. The maximum atomic E-state index is 12.5. The number of hydrogen-bond donors (Lipinski definition) is 3. The summed E-state index contributed by atoms with van der Waals surface area (Å²) < 4.78 is 5.77. The number of carbonyl (C=O) groups is 2. The second-order valence-corrected chi connectivity index (χ2v) is 8.26. The summed E-state index contributed by atoms with van der Waals surface area (Å²) in [6.45, 7) is 6.07. The van der Waals surface area contributed by atoms with Crippen LogP contribution in [0.15, 0.2) is 40.1 Å². The van der Waals surface area contributed by atoms with Crippen LogP contribution in [0.3, 0.4) is 0 Å². The molecule has 1 unspecified atom stereocenters. The van der Waals surface area contributed by atoms with Crippen molar-refractivity contribution < 1.29 is 14.0 Å². The first-order chi connectivity index (χ1) is 12.7. The van der Waals surface area contributed by atoms with Crippen LogP contribution in [0.5, 0.6) is 0 Å². The molecule has 0 aliphatic carbocycles. The number of nitrogens with two attached hydrogens (primary N) is 1. The SMILES string of the molecule is CC(C)(C)c1nc2cc(NC(=O)CC(NC(N)=O)c3cccs3)ccc2o1. The number of thiophene rings is 1. The first-order valence-electron chi connectivity index (χ1n) is 8.52. The number of amides is 3. The van der Waals surface area contributed by atoms with Gasteiger partial charge in [0.05, 0.1) is 12.5 Å². The third kappa shape index (κ3) is 4.65. The molecule has 142 valence electrons. The summed E-state index contributed by atoms with van der Waals surface area (Å²) in [7, 11) is 0. The number of urea groups is 1. The minimum absolute atomic E-state index is 0.0769. The molecule has 0 bridgehead atoms. The summed E-state index contributed by atoms with van der Waals surface area (Å²) in [5.41, 5.74) is 7.00. The number of hydrogen-bond acceptors (Lipinski definition) is 5. The van der Waals surface area contributed by atoms with Crippen molar-refractivity contribution in [3.05, 3.63) is 46.5 Å². The average Bonchev–Trinajstić information content (AvgIpc) is 3.22. The van der Waals surface area contributed by atoms with Crippen LogP contribution in [0.25, 0.3) is 11.1 Å². The second-order valence-electron chi connectivity index (χ2n) is 7.28. The molecule has 0 radical (unpaired) electrons. The minimum Gasteiger partial charge on any atom is -0.440 e. The van der Waals surface area contributed by atoms with Crippen LogP contribution in [0.2, 0.25) is 0 Å². The zero-order valence-corrected chi connectivity index (χ0v) is 16.2. The summed E-state index contributed by atoms with van der Waals surface area (Å²) in [5, 5.41) is 7.33. The van der Waals surface area contributed by atoms with E-state index < -0.39 is 12.1 Å². The quantitative estimate of drug-likeness (QED) is 0.617. The van der Waals surface area contributed by atoms with Gasteiger partial charge in [-0.3, -0.25) is 4.79 Å². The van der Waals surface area contributed by atoms with E-state index in [-0.39, 0.29) is 17.7 Å². The Morgan fingerprint density at radius 3 is 2.70 bits per heavy atom. The fourth-order valence-electron chi connectivity index (χ4n) is 2.61. The highest BCUT2D eigenvalue weighted by molar-refractivity contribution is 7.10. The molecular formula is C19H22N4O3S. The van der Waals surface area contributed by atoms with Gasteiger partial charge in [-0.2, -0.15) is 0 Å². The van der Waals surface area contributed by atoms with Crippen LogP contribution in [0.4, 0.5) is 10.5 Å². The highest BCUT2D eigenvalue weighted by Gasteiger charge is 2.22. The number of carbonyl (C=O) groups excluding carboxylic acids is 2. The Bertz CT molecular complexity index is 957. The number of benzene rings is 1. The zero-order valence-electron chi connectivity index (χ0n) is 15.4. The van der Waals surface area contributed by atoms with Gasteiger partial charge in [0.1, 0.15) is 5.52 Å². The molecule has 3 rings (SSSR count). The molecule has 1 aromatic carbocycles. The van der Waals surface area contributed by atoms with Gasteiger partial charge in [-0.05, 0) is 29.6 Å². The number of anilines is 1. The van der Waals surface area contributed by atoms with Gasteiger partial charge in [-0.15, -0.1) is 11.3 Å². The number of fused-ring (bicyclic) bond motifs is 1. The Hall–Kier alpha value is -2.87. The topological polar surface area (TPSA) is 110 Å². The van der Waals surface area contributed by atoms with Gasteiger partial charge < -0.3 is 20.8 Å². The molecule has 0 spiro atoms. The first kappa shape index (κ1) is 18.9. The Balaban J connectivity index is 1.73. The third-order valence-corrected chi connectivity index (χ3v) is 4.89. The van der Waals surface area contributed by atoms with Crippen LogP contribution >= 0.6 is 11.3 Å². The number of nitrogens with zero attached hydrogens (tertiary/aromatic N) is 1. The van der Waals surface area contributed by atoms with E-state index in [1.165, 1.54) is 11.3 Å². The van der Waals surface area contributed by atoms with Gasteiger partial charge in [-0.25, -0.2) is 9.78 Å². The Morgan fingerprint density at radius 1 is 1.30 bits per heavy atom. The Morgan fingerprint density at radius 2 is 2.07 bits per heavy atom. The van der Waals surface area contributed by atoms with Crippen molar-refractivity contribution in [1.82, 2.24) is 10.3 Å². The van der Waals surface area contributed by atoms with Gasteiger partial charge in [0, 0.05) is 16.0 Å². The maximum absolute atomic E-state index is 12.5. The molecule has 0 aliphatic heterocycles. The van der Waals surface area contributed by atoms with E-state index in [0.29, 0.717) is 22.7 Å². The van der Waals surface area contributed by atoms with Gasteiger partial charge >= 0.3 is 6.03 Å². The van der Waals surface area contributed by atoms with E-state index in [1.807, 2.05) is 38.3 Å². The molecule has 27 heavy (non-hydrogen) atoms. The highest BCUT2D eigenvalue weighted by atomic mass is 32.1. The predicted octanol–water partition coefficient (Wildman–Crippen LogP) is 3.93. The third-order valence-electron chi connectivity index (χ3n) is 3.91. The number of rotatable bonds is 5. The van der Waals surface area contributed by atoms with Gasteiger partial charge in [0.25, 0.3) is 0 Å². The Labute approximate surface area is 161 Å². The lowest BCUT2D eigenvalue weighted by molar-refractivity contribution is -0.116. The van der Waals surface area contributed by atoms with E-state index in [4.69, 9.17) is 10.2 Å². The fourth-order valence-corrected chi connectivity index (χ4v) is 3.39. The minimum atomic E-state index is -0.667. The molecule has 7 nitrogen and oxygen atoms in total. The van der Waals surface area contributed by atoms with Crippen LogP contribution in [-0.2, 0) is 10.2 Å². The lowest BCUT2D eigenvalue weighted by Gasteiger charge is -2.15. The molecule has 0 aliphatic rings. The number of primary amides is 1. The molecule has 2 heterocycles. The van der Waals surface area contributed by atoms with Crippen molar-refractivity contribution in [2.45, 2.75) is 38.6 Å². The number of aromatic nitrogens is 1. The van der Waals surface area contributed by atoms with E-state index in [2.05, 4.69) is 15.6 Å². The largest absolute Gasteiger partial charge is 0.440 e. The van der Waals surface area contributed by atoms with Crippen molar-refractivity contribution in [2.24, 2.45) is 5.73 Å². The van der Waals surface area contributed by atoms with E-state index >= 15 is 0 Å². The zero-order chi connectivity index (χ0) is 19.6. The van der Waals surface area contributed by atoms with Crippen LogP contribution in [-0.4, -0.2) is 16.9 Å². The van der Waals surface area contributed by atoms with Crippen molar-refractivity contribution in [2.75, 3.05) is 5.32 Å². The predicted molar refractivity (Wildman–Crippen MR) is 106 cm³/mol. The lowest BCUT2D eigenvalue weighted by Crippen LogP contribution is -2.34. The number of nitrogens with one attached hydrogen (secondary N) is 2. The summed E-state index contributed by atoms with van der Waals surface area (Å²) >= 11 is 1.46. The van der Waals surface area contributed by atoms with Crippen molar-refractivity contribution in [3.63, 3.8) is 0 Å². The smallest absolute Gasteiger partial charge is 0.312 e. The fraction of sp³-hybridized carbons (Fsp3) is 0.316. The molecule has 1 atom stereocenters. The maximum Gasteiger partial charge on any atom is 0.312 e. The van der Waals surface area contributed by atoms with Gasteiger partial charge in [0.2, 0.25) is 11.8 Å². The monoisotopic (exact) mass is 386 g/mol. The summed E-state index contributed by atoms with van der Waals surface area (Å²) in [4.78, 5) is 29.1. The summed E-state index contributed by atoms with van der Waals surface area (Å²) in [5.74, 6) is 0.408. The van der Waals surface area contributed by atoms with Crippen molar-refractivity contribution >= 4 is 40.1 Å². The van der Waals surface area contributed by atoms with Crippen molar-refractivity contribution in [1.29, 1.82) is 0 Å². The molecule has 8 heteroatoms. The first-order valence-corrected chi connectivity index (χ1v) is 9.40. The van der Waals surface area contributed by atoms with E-state index in [9.17, 15) is 9.59 Å². The molecule has 2 aromatic heterocycles. The molecule has 0 saturated carbocycles. The van der Waals surface area contributed by atoms with Crippen LogP contribution in [0, 0.1) is 0 Å². The molecule has 3 aromatic rings. The van der Waals surface area contributed by atoms with Gasteiger partial charge in [0.15, 0.2) is 5.58 Å². The standard InChI is InChI=1S/C19H22N4O3S/c1-19(2,3)17-22-12-9-11(6-7-14(12)26-17)21-16(24)10-13(23-18(20)25)15-5-4-8-27-15/h4-9,13H,10H2,1-3H3,(H,21,24)(H3,20,23,25). The number of oxazole rings is 1. The van der Waals surface area contributed by atoms with Gasteiger partial charge in [-0.1, -0.05) is 26.8 Å². The summed E-state index contributed by atoms with van der Waals surface area (Å²) in [6, 6.07) is 7.90. The molecule has 0 fully saturated rings. The molecular weight excluding hydrogens is 364 g/mol.